The Morgan fingerprint density at radius 1 is 0.318 bits per heavy atom. The molecule has 0 aliphatic carbocycles. The second kappa shape index (κ2) is 52.9. The summed E-state index contributed by atoms with van der Waals surface area (Å²) in [4.78, 5) is 38.0. The van der Waals surface area contributed by atoms with E-state index in [0.29, 0.717) is 19.3 Å². The molecule has 0 fully saturated rings. The van der Waals surface area contributed by atoms with Crippen molar-refractivity contribution < 1.29 is 28.6 Å². The summed E-state index contributed by atoms with van der Waals surface area (Å²) in [5, 5.41) is 0. The first kappa shape index (κ1) is 61.3. The van der Waals surface area contributed by atoms with Gasteiger partial charge in [-0.3, -0.25) is 14.4 Å². The van der Waals surface area contributed by atoms with Gasteiger partial charge in [-0.15, -0.1) is 0 Å². The monoisotopic (exact) mass is 909 g/mol. The van der Waals surface area contributed by atoms with Crippen LogP contribution in [0.1, 0.15) is 194 Å². The average molecular weight is 909 g/mol. The summed E-state index contributed by atoms with van der Waals surface area (Å²) in [6.45, 7) is 6.24. The minimum atomic E-state index is -0.831. The number of allylic oxidation sites excluding steroid dienone is 24. The zero-order valence-corrected chi connectivity index (χ0v) is 41.9. The van der Waals surface area contributed by atoms with E-state index in [4.69, 9.17) is 14.2 Å². The summed E-state index contributed by atoms with van der Waals surface area (Å²) in [6, 6.07) is 0. The Labute approximate surface area is 404 Å². The predicted octanol–water partition coefficient (Wildman–Crippen LogP) is 17.3. The number of rotatable bonds is 44. The summed E-state index contributed by atoms with van der Waals surface area (Å²) < 4.78 is 16.7. The second-order valence-electron chi connectivity index (χ2n) is 16.6. The molecule has 368 valence electrons. The van der Waals surface area contributed by atoms with Crippen LogP contribution in [0.5, 0.6) is 0 Å². The van der Waals surface area contributed by atoms with Crippen molar-refractivity contribution in [2.45, 2.75) is 200 Å². The van der Waals surface area contributed by atoms with Crippen molar-refractivity contribution in [1.82, 2.24) is 0 Å². The predicted molar refractivity (Wildman–Crippen MR) is 283 cm³/mol. The highest BCUT2D eigenvalue weighted by Crippen LogP contribution is 2.12. The maximum absolute atomic E-state index is 12.8. The lowest BCUT2D eigenvalue weighted by Crippen LogP contribution is -2.30. The van der Waals surface area contributed by atoms with Gasteiger partial charge < -0.3 is 14.2 Å². The zero-order valence-electron chi connectivity index (χ0n) is 41.9. The van der Waals surface area contributed by atoms with Gasteiger partial charge in [0.2, 0.25) is 0 Å². The molecule has 0 aliphatic heterocycles. The molecule has 6 heteroatoms. The molecule has 0 saturated carbocycles. The van der Waals surface area contributed by atoms with E-state index < -0.39 is 6.10 Å². The highest BCUT2D eigenvalue weighted by atomic mass is 16.6. The number of esters is 3. The molecule has 0 heterocycles. The van der Waals surface area contributed by atoms with E-state index in [1.54, 1.807) is 0 Å². The quantitative estimate of drug-likeness (QED) is 0.0262. The number of ether oxygens (including phenoxy) is 3. The van der Waals surface area contributed by atoms with Gasteiger partial charge in [0.05, 0.1) is 0 Å². The fourth-order valence-electron chi connectivity index (χ4n) is 6.47. The van der Waals surface area contributed by atoms with Crippen molar-refractivity contribution in [1.29, 1.82) is 0 Å². The molecule has 0 aliphatic rings. The van der Waals surface area contributed by atoms with E-state index in [0.717, 1.165) is 96.3 Å². The smallest absolute Gasteiger partial charge is 0.306 e. The van der Waals surface area contributed by atoms with Crippen molar-refractivity contribution in [3.8, 4) is 0 Å². The van der Waals surface area contributed by atoms with Gasteiger partial charge in [0, 0.05) is 19.3 Å². The molecule has 0 N–H and O–H groups in total. The number of carbonyl (C=O) groups excluding carboxylic acids is 3. The summed E-state index contributed by atoms with van der Waals surface area (Å²) >= 11 is 0. The molecule has 66 heavy (non-hydrogen) atoms. The minimum Gasteiger partial charge on any atom is -0.462 e. The van der Waals surface area contributed by atoms with Gasteiger partial charge in [0.25, 0.3) is 0 Å². The lowest BCUT2D eigenvalue weighted by Gasteiger charge is -2.18. The van der Waals surface area contributed by atoms with Crippen molar-refractivity contribution in [3.63, 3.8) is 0 Å². The first-order valence-electron chi connectivity index (χ1n) is 26.0. The third kappa shape index (κ3) is 50.3. The molecule has 0 rings (SSSR count). The number of hydrogen-bond donors (Lipinski definition) is 0. The van der Waals surface area contributed by atoms with Crippen LogP contribution >= 0.6 is 0 Å². The third-order valence-electron chi connectivity index (χ3n) is 10.3. The van der Waals surface area contributed by atoms with Crippen LogP contribution in [0.15, 0.2) is 146 Å². The summed E-state index contributed by atoms with van der Waals surface area (Å²) in [6.07, 6.45) is 75.4. The van der Waals surface area contributed by atoms with Crippen LogP contribution in [0, 0.1) is 0 Å². The largest absolute Gasteiger partial charge is 0.462 e. The number of unbranched alkanes of at least 4 members (excludes halogenated alkanes) is 18. The normalized spacial score (nSPS) is 13.3. The molecule has 6 nitrogen and oxygen atoms in total. The molecule has 0 aromatic carbocycles. The topological polar surface area (TPSA) is 78.9 Å². The highest BCUT2D eigenvalue weighted by molar-refractivity contribution is 5.71. The van der Waals surface area contributed by atoms with E-state index in [2.05, 4.69) is 69.4 Å². The molecule has 0 saturated heterocycles. The SMILES string of the molecule is CC/C=C/C=C/C=C/C=C/C=C/C=C/CCCCCC(=O)OC(COC(=O)CCCCC/C=C/C=C/C=C/C=C/CC)COC(=O)CCCCCCC/C=C/C=C/CCCCCCCCC. The van der Waals surface area contributed by atoms with Crippen LogP contribution in [0.2, 0.25) is 0 Å². The zero-order chi connectivity index (χ0) is 47.9. The molecule has 1 unspecified atom stereocenters. The maximum atomic E-state index is 12.8. The van der Waals surface area contributed by atoms with Gasteiger partial charge >= 0.3 is 17.9 Å². The molecule has 0 amide bonds. The number of hydrogen-bond acceptors (Lipinski definition) is 6. The van der Waals surface area contributed by atoms with E-state index in [9.17, 15) is 14.4 Å². The van der Waals surface area contributed by atoms with Gasteiger partial charge in [0.15, 0.2) is 6.10 Å². The van der Waals surface area contributed by atoms with Gasteiger partial charge in [-0.25, -0.2) is 0 Å². The molecule has 1 atom stereocenters. The Kier molecular flexibility index (Phi) is 49.1. The molecule has 0 aromatic rings. The molecular formula is C60H92O6. The Bertz CT molecular complexity index is 1510. The van der Waals surface area contributed by atoms with Crippen molar-refractivity contribution in [2.75, 3.05) is 13.2 Å². The summed E-state index contributed by atoms with van der Waals surface area (Å²) in [5.74, 6) is -1.03. The summed E-state index contributed by atoms with van der Waals surface area (Å²) in [7, 11) is 0. The fourth-order valence-corrected chi connectivity index (χ4v) is 6.47. The molecule has 0 spiro atoms. The highest BCUT2D eigenvalue weighted by Gasteiger charge is 2.19. The van der Waals surface area contributed by atoms with Crippen LogP contribution in [-0.2, 0) is 28.6 Å². The lowest BCUT2D eigenvalue weighted by molar-refractivity contribution is -0.167. The van der Waals surface area contributed by atoms with Gasteiger partial charge in [0.1, 0.15) is 13.2 Å². The van der Waals surface area contributed by atoms with Crippen LogP contribution in [-0.4, -0.2) is 37.2 Å². The standard InChI is InChI=1S/C60H92O6/c1-4-7-10-13-16-19-22-25-27-29-31-32-35-38-41-44-47-50-53-59(62)65-56-57(55-64-58(61)52-49-46-43-40-37-34-24-21-18-15-12-9-6-3)66-60(63)54-51-48-45-42-39-36-33-30-28-26-23-20-17-14-11-8-5-2/h8-9,11-12,14-15,17-18,20-21,23-24,26-34,36-37,39,57H,4-7,10,13,16,19,22,25,35,38,40-56H2,1-3H3/b11-8+,12-9+,17-14+,18-15+,23-20+,24-21+,28-26+,29-27+,32-31+,33-30+,37-34+,39-36+. The van der Waals surface area contributed by atoms with E-state index >= 15 is 0 Å². The maximum Gasteiger partial charge on any atom is 0.306 e. The molecule has 0 radical (unpaired) electrons. The third-order valence-corrected chi connectivity index (χ3v) is 10.3. The Hall–Kier alpha value is -4.71. The van der Waals surface area contributed by atoms with Gasteiger partial charge in [-0.2, -0.15) is 0 Å². The average Bonchev–Trinajstić information content (AvgIpc) is 3.31. The second-order valence-corrected chi connectivity index (χ2v) is 16.6. The van der Waals surface area contributed by atoms with E-state index in [1.807, 2.05) is 97.2 Å². The first-order chi connectivity index (χ1) is 32.5. The van der Waals surface area contributed by atoms with Crippen molar-refractivity contribution >= 4 is 17.9 Å². The minimum absolute atomic E-state index is 0.124. The summed E-state index contributed by atoms with van der Waals surface area (Å²) in [5.41, 5.74) is 0. The van der Waals surface area contributed by atoms with Gasteiger partial charge in [-0.1, -0.05) is 237 Å². The van der Waals surface area contributed by atoms with Gasteiger partial charge in [-0.05, 0) is 83.5 Å². The van der Waals surface area contributed by atoms with Crippen LogP contribution in [0.25, 0.3) is 0 Å². The van der Waals surface area contributed by atoms with Crippen LogP contribution in [0.4, 0.5) is 0 Å². The first-order valence-corrected chi connectivity index (χ1v) is 26.0. The lowest BCUT2D eigenvalue weighted by atomic mass is 10.1. The van der Waals surface area contributed by atoms with E-state index in [-0.39, 0.29) is 37.5 Å². The van der Waals surface area contributed by atoms with Crippen molar-refractivity contribution in [2.24, 2.45) is 0 Å². The molecule has 0 bridgehead atoms. The Morgan fingerprint density at radius 3 is 0.955 bits per heavy atom. The Balaban J connectivity index is 4.59. The molecule has 0 aromatic heterocycles. The van der Waals surface area contributed by atoms with Crippen LogP contribution in [0.3, 0.4) is 0 Å². The van der Waals surface area contributed by atoms with Crippen LogP contribution < -0.4 is 0 Å². The van der Waals surface area contributed by atoms with Crippen molar-refractivity contribution in [3.05, 3.63) is 146 Å². The Morgan fingerprint density at radius 2 is 0.591 bits per heavy atom. The number of carbonyl (C=O) groups is 3. The fraction of sp³-hybridized carbons (Fsp3) is 0.550. The van der Waals surface area contributed by atoms with E-state index in [1.165, 1.54) is 51.4 Å². The molecular weight excluding hydrogens is 817 g/mol.